The summed E-state index contributed by atoms with van der Waals surface area (Å²) >= 11 is 0. The van der Waals surface area contributed by atoms with Gasteiger partial charge in [-0.2, -0.15) is 0 Å². The van der Waals surface area contributed by atoms with E-state index in [4.69, 9.17) is 27.1 Å². The number of fused-ring (bicyclic) bond motifs is 28. The highest BCUT2D eigenvalue weighted by Crippen LogP contribution is 2.68. The highest BCUT2D eigenvalue weighted by Gasteiger charge is 2.63. The Morgan fingerprint density at radius 1 is 0.269 bits per heavy atom. The molecule has 19 rings (SSSR count). The van der Waals surface area contributed by atoms with Crippen LogP contribution in [0.2, 0.25) is 0 Å². The summed E-state index contributed by atoms with van der Waals surface area (Å²) in [6.07, 6.45) is 0. The summed E-state index contributed by atoms with van der Waals surface area (Å²) in [6, 6.07) is 80.6. The molecular weight excluding hydrogens is 965 g/mol. The smallest absolute Gasteiger partial charge is 0.205 e. The lowest BCUT2D eigenvalue weighted by Gasteiger charge is -2.48. The van der Waals surface area contributed by atoms with Crippen molar-refractivity contribution in [3.05, 3.63) is 275 Å². The van der Waals surface area contributed by atoms with Crippen molar-refractivity contribution in [2.24, 2.45) is 0 Å². The van der Waals surface area contributed by atoms with E-state index in [-0.39, 0.29) is 0 Å². The van der Waals surface area contributed by atoms with E-state index in [1.165, 1.54) is 0 Å². The number of furan rings is 4. The Balaban J connectivity index is 1.02. The van der Waals surface area contributed by atoms with Crippen LogP contribution in [-0.4, -0.2) is 9.13 Å². The van der Waals surface area contributed by atoms with Crippen LogP contribution < -0.4 is 9.47 Å². The number of para-hydroxylation sites is 8. The van der Waals surface area contributed by atoms with Gasteiger partial charge in [-0.1, -0.05) is 158 Å². The Bertz CT molecular complexity index is 4850. The molecular formula is C70H38N2O6. The summed E-state index contributed by atoms with van der Waals surface area (Å²) < 4.78 is 48.6. The van der Waals surface area contributed by atoms with Crippen LogP contribution in [0.1, 0.15) is 44.9 Å². The highest BCUT2D eigenvalue weighted by atomic mass is 16.5. The molecule has 10 aromatic carbocycles. The highest BCUT2D eigenvalue weighted by molar-refractivity contribution is 6.23. The van der Waals surface area contributed by atoms with E-state index < -0.39 is 10.8 Å². The number of ether oxygens (including phenoxy) is 2. The molecule has 3 aliphatic rings. The summed E-state index contributed by atoms with van der Waals surface area (Å²) in [6.45, 7) is 0. The fraction of sp³-hybridized carbons (Fsp3) is 0.0286. The van der Waals surface area contributed by atoms with E-state index >= 15 is 0 Å². The molecule has 2 aliphatic heterocycles. The van der Waals surface area contributed by atoms with Crippen LogP contribution >= 0.6 is 0 Å². The van der Waals surface area contributed by atoms with Crippen molar-refractivity contribution in [2.45, 2.75) is 10.8 Å². The van der Waals surface area contributed by atoms with E-state index in [0.29, 0.717) is 11.8 Å². The summed E-state index contributed by atoms with van der Waals surface area (Å²) in [5, 5.41) is 8.44. The molecule has 1 aliphatic carbocycles. The molecule has 0 N–H and O–H groups in total. The second-order valence-corrected chi connectivity index (χ2v) is 20.9. The van der Waals surface area contributed by atoms with Crippen molar-refractivity contribution >= 4 is 87.5 Å². The summed E-state index contributed by atoms with van der Waals surface area (Å²) in [5.41, 5.74) is 10.2. The number of nitrogens with zero attached hydrogens (tertiary/aromatic N) is 2. The number of benzene rings is 10. The first-order valence-corrected chi connectivity index (χ1v) is 26.4. The Labute approximate surface area is 442 Å². The predicted octanol–water partition coefficient (Wildman–Crippen LogP) is 18.2. The topological polar surface area (TPSA) is 80.9 Å². The van der Waals surface area contributed by atoms with Crippen molar-refractivity contribution in [3.8, 4) is 34.8 Å². The molecule has 8 nitrogen and oxygen atoms in total. The Morgan fingerprint density at radius 3 is 1.01 bits per heavy atom. The van der Waals surface area contributed by atoms with E-state index in [1.54, 1.807) is 0 Å². The van der Waals surface area contributed by atoms with Crippen molar-refractivity contribution in [1.29, 1.82) is 0 Å². The number of hydrogen-bond acceptors (Lipinski definition) is 6. The Morgan fingerprint density at radius 2 is 0.603 bits per heavy atom. The largest absolute Gasteiger partial charge is 0.457 e. The second-order valence-electron chi connectivity index (χ2n) is 20.9. The van der Waals surface area contributed by atoms with Gasteiger partial charge in [0.1, 0.15) is 67.5 Å². The van der Waals surface area contributed by atoms with Crippen LogP contribution in [0.15, 0.2) is 248 Å². The SMILES string of the molecule is c1ccc2c(c1)Oc1ccccc1C21c2cc(-n3c4ccccc4c4ccc5c6ccccc6oc5c43)oc2C2(c3ccccc3Oc3ccccc32)c2cc(-n3c4ccccc4c4ccc5c6ccccc6oc5c43)oc21. The van der Waals surface area contributed by atoms with Crippen LogP contribution in [0.5, 0.6) is 23.0 Å². The fourth-order valence-corrected chi connectivity index (χ4v) is 14.3. The Hall–Kier alpha value is -10.4. The molecule has 364 valence electrons. The third-order valence-electron chi connectivity index (χ3n) is 17.3. The average molecular weight is 1000 g/mol. The van der Waals surface area contributed by atoms with Crippen LogP contribution in [0, 0.1) is 0 Å². The molecule has 8 heterocycles. The molecule has 0 amide bonds. The van der Waals surface area contributed by atoms with Crippen LogP contribution in [-0.2, 0) is 10.8 Å². The van der Waals surface area contributed by atoms with Crippen LogP contribution in [0.25, 0.3) is 99.3 Å². The van der Waals surface area contributed by atoms with Crippen molar-refractivity contribution in [2.75, 3.05) is 0 Å². The standard InChI is InChI=1S/C70H38N2O6/c1-9-25-53-39(17-1)43-33-35-45-41-19-3-11-27-55(41)75-65(45)63(43)71(53)61-37-51-67(77-61)70(49-23-7-15-31-59(49)74-60-32-16-8-24-50(60)70)52-38-62(78-68(52)69(51)47-21-5-13-29-57(47)73-58-30-14-6-22-48(58)69)72-54-26-10-2-18-40(54)44-34-36-46-42-20-4-12-28-56(42)76-66(46)64(44)72/h1-38H. The summed E-state index contributed by atoms with van der Waals surface area (Å²) in [7, 11) is 0. The van der Waals surface area contributed by atoms with Gasteiger partial charge in [-0.05, 0) is 60.7 Å². The van der Waals surface area contributed by atoms with E-state index in [9.17, 15) is 0 Å². The van der Waals surface area contributed by atoms with Gasteiger partial charge in [-0.15, -0.1) is 0 Å². The zero-order valence-corrected chi connectivity index (χ0v) is 41.3. The molecule has 78 heavy (non-hydrogen) atoms. The minimum Gasteiger partial charge on any atom is -0.457 e. The second kappa shape index (κ2) is 14.3. The Kier molecular flexibility index (Phi) is 7.48. The van der Waals surface area contributed by atoms with E-state index in [1.807, 2.05) is 48.5 Å². The maximum Gasteiger partial charge on any atom is 0.205 e. The average Bonchev–Trinajstić information content (AvgIpc) is 4.46. The molecule has 16 aromatic rings. The van der Waals surface area contributed by atoms with Gasteiger partial charge >= 0.3 is 0 Å². The van der Waals surface area contributed by atoms with Gasteiger partial charge in [0, 0.05) is 88.6 Å². The quantitative estimate of drug-likeness (QED) is 0.172. The first-order chi connectivity index (χ1) is 38.7. The molecule has 0 saturated carbocycles. The predicted molar refractivity (Wildman–Crippen MR) is 305 cm³/mol. The molecule has 0 unspecified atom stereocenters. The van der Waals surface area contributed by atoms with Crippen molar-refractivity contribution in [1.82, 2.24) is 9.13 Å². The molecule has 0 fully saturated rings. The van der Waals surface area contributed by atoms with Gasteiger partial charge in [0.25, 0.3) is 0 Å². The lowest BCUT2D eigenvalue weighted by molar-refractivity contribution is 0.348. The molecule has 8 heteroatoms. The van der Waals surface area contributed by atoms with E-state index in [2.05, 4.69) is 191 Å². The molecule has 0 saturated heterocycles. The van der Waals surface area contributed by atoms with Crippen molar-refractivity contribution in [3.63, 3.8) is 0 Å². The maximum absolute atomic E-state index is 8.10. The van der Waals surface area contributed by atoms with Crippen molar-refractivity contribution < 1.29 is 27.1 Å². The third kappa shape index (κ3) is 4.76. The lowest BCUT2D eigenvalue weighted by atomic mass is 9.54. The first kappa shape index (κ1) is 40.9. The lowest BCUT2D eigenvalue weighted by Crippen LogP contribution is -2.46. The molecule has 2 spiro atoms. The van der Waals surface area contributed by atoms with E-state index in [0.717, 1.165) is 155 Å². The van der Waals surface area contributed by atoms with Gasteiger partial charge in [0.2, 0.25) is 11.8 Å². The van der Waals surface area contributed by atoms with Gasteiger partial charge < -0.3 is 27.1 Å². The monoisotopic (exact) mass is 1000 g/mol. The fourth-order valence-electron chi connectivity index (χ4n) is 14.3. The molecule has 0 radical (unpaired) electrons. The van der Waals surface area contributed by atoms with Gasteiger partial charge in [0.05, 0.1) is 11.0 Å². The zero-order chi connectivity index (χ0) is 50.6. The van der Waals surface area contributed by atoms with Gasteiger partial charge in [-0.25, -0.2) is 0 Å². The van der Waals surface area contributed by atoms with Gasteiger partial charge in [0.15, 0.2) is 11.2 Å². The molecule has 0 atom stereocenters. The molecule has 6 aromatic heterocycles. The number of aromatic nitrogens is 2. The number of hydrogen-bond donors (Lipinski definition) is 0. The van der Waals surface area contributed by atoms with Crippen LogP contribution in [0.3, 0.4) is 0 Å². The minimum atomic E-state index is -1.16. The summed E-state index contributed by atoms with van der Waals surface area (Å²) in [5.74, 6) is 5.60. The number of rotatable bonds is 2. The normalized spacial score (nSPS) is 14.6. The third-order valence-corrected chi connectivity index (χ3v) is 17.3. The zero-order valence-electron chi connectivity index (χ0n) is 41.3. The first-order valence-electron chi connectivity index (χ1n) is 26.4. The maximum atomic E-state index is 8.10. The molecule has 0 bridgehead atoms. The van der Waals surface area contributed by atoms with Crippen LogP contribution in [0.4, 0.5) is 0 Å². The summed E-state index contributed by atoms with van der Waals surface area (Å²) in [4.78, 5) is 0. The van der Waals surface area contributed by atoms with Gasteiger partial charge in [-0.3, -0.25) is 9.13 Å². The minimum absolute atomic E-state index is 0.626.